The maximum absolute atomic E-state index is 15.2. The number of benzene rings is 1. The van der Waals surface area contributed by atoms with E-state index in [1.807, 2.05) is 0 Å². The Morgan fingerprint density at radius 2 is 1.86 bits per heavy atom. The molecule has 10 nitrogen and oxygen atoms in total. The number of phenols is 1. The van der Waals surface area contributed by atoms with Crippen LogP contribution in [0.2, 0.25) is 0 Å². The largest absolute Gasteiger partial charge is 0.508 e. The SMILES string of the molecule is NC(=O)C1=C(O)[C@@]2(O)C(=O)C3=C(O)c4c(O)c(N5CCCCC5=O)cc(F)c4CC3C[C@H]2CC1=O. The van der Waals surface area contributed by atoms with Crippen molar-refractivity contribution in [2.24, 2.45) is 17.6 Å². The van der Waals surface area contributed by atoms with Crippen molar-refractivity contribution < 1.29 is 44.0 Å². The Bertz CT molecular complexity index is 1300. The molecule has 1 aromatic rings. The van der Waals surface area contributed by atoms with Crippen LogP contribution in [-0.2, 0) is 25.6 Å². The lowest BCUT2D eigenvalue weighted by Gasteiger charge is -2.46. The van der Waals surface area contributed by atoms with E-state index in [9.17, 15) is 39.6 Å². The molecule has 2 amide bonds. The van der Waals surface area contributed by atoms with E-state index in [1.54, 1.807) is 0 Å². The number of phenolic OH excluding ortho intramolecular Hbond substituents is 1. The molecule has 0 bridgehead atoms. The Balaban J connectivity index is 1.68. The Kier molecular flexibility index (Phi) is 5.03. The van der Waals surface area contributed by atoms with Crippen LogP contribution in [0.15, 0.2) is 23.0 Å². The zero-order valence-electron chi connectivity index (χ0n) is 18.5. The molecule has 35 heavy (non-hydrogen) atoms. The van der Waals surface area contributed by atoms with Crippen LogP contribution < -0.4 is 10.6 Å². The highest BCUT2D eigenvalue weighted by molar-refractivity contribution is 6.22. The van der Waals surface area contributed by atoms with E-state index < -0.39 is 70.0 Å². The van der Waals surface area contributed by atoms with Gasteiger partial charge in [0.25, 0.3) is 5.91 Å². The van der Waals surface area contributed by atoms with Gasteiger partial charge >= 0.3 is 0 Å². The van der Waals surface area contributed by atoms with Crippen molar-refractivity contribution >= 4 is 34.8 Å². The van der Waals surface area contributed by atoms with Gasteiger partial charge in [-0.05, 0) is 31.6 Å². The van der Waals surface area contributed by atoms with Crippen molar-refractivity contribution in [1.82, 2.24) is 0 Å². The zero-order chi connectivity index (χ0) is 25.4. The smallest absolute Gasteiger partial charge is 0.255 e. The number of aliphatic hydroxyl groups is 3. The van der Waals surface area contributed by atoms with Crippen LogP contribution in [0.4, 0.5) is 10.1 Å². The fourth-order valence-corrected chi connectivity index (χ4v) is 5.90. The number of nitrogens with zero attached hydrogens (tertiary/aromatic N) is 1. The van der Waals surface area contributed by atoms with E-state index in [0.29, 0.717) is 12.8 Å². The number of carbonyl (C=O) groups is 4. The summed E-state index contributed by atoms with van der Waals surface area (Å²) in [6.45, 7) is 0.244. The van der Waals surface area contributed by atoms with Gasteiger partial charge in [0.1, 0.15) is 22.9 Å². The molecule has 1 aliphatic heterocycles. The van der Waals surface area contributed by atoms with Gasteiger partial charge in [-0.1, -0.05) is 0 Å². The van der Waals surface area contributed by atoms with Crippen molar-refractivity contribution in [1.29, 1.82) is 0 Å². The summed E-state index contributed by atoms with van der Waals surface area (Å²) in [7, 11) is 0. The summed E-state index contributed by atoms with van der Waals surface area (Å²) >= 11 is 0. The van der Waals surface area contributed by atoms with Gasteiger partial charge in [-0.15, -0.1) is 0 Å². The van der Waals surface area contributed by atoms with Crippen molar-refractivity contribution in [3.8, 4) is 5.75 Å². The summed E-state index contributed by atoms with van der Waals surface area (Å²) in [5.74, 6) is -8.92. The Labute approximate surface area is 198 Å². The van der Waals surface area contributed by atoms with Gasteiger partial charge in [0, 0.05) is 42.5 Å². The molecule has 1 heterocycles. The molecule has 11 heteroatoms. The predicted molar refractivity (Wildman–Crippen MR) is 118 cm³/mol. The number of primary amides is 1. The second-order valence-corrected chi connectivity index (χ2v) is 9.49. The first-order valence-electron chi connectivity index (χ1n) is 11.3. The normalized spacial score (nSPS) is 28.6. The van der Waals surface area contributed by atoms with Crippen LogP contribution >= 0.6 is 0 Å². The van der Waals surface area contributed by atoms with E-state index in [1.165, 1.54) is 4.90 Å². The van der Waals surface area contributed by atoms with Gasteiger partial charge in [0.15, 0.2) is 17.1 Å². The third-order valence-corrected chi connectivity index (χ3v) is 7.60. The van der Waals surface area contributed by atoms with Crippen LogP contribution in [0.5, 0.6) is 5.75 Å². The van der Waals surface area contributed by atoms with Gasteiger partial charge in [-0.3, -0.25) is 19.2 Å². The van der Waals surface area contributed by atoms with Crippen LogP contribution in [0, 0.1) is 17.7 Å². The highest BCUT2D eigenvalue weighted by Gasteiger charge is 2.60. The van der Waals surface area contributed by atoms with Gasteiger partial charge < -0.3 is 31.1 Å². The molecular weight excluding hydrogens is 463 g/mol. The number of carbonyl (C=O) groups excluding carboxylic acids is 4. The topological polar surface area (TPSA) is 178 Å². The van der Waals surface area contributed by atoms with E-state index >= 15 is 4.39 Å². The molecular formula is C24H23FN2O8. The first kappa shape index (κ1) is 23.0. The Morgan fingerprint density at radius 3 is 2.51 bits per heavy atom. The monoisotopic (exact) mass is 486 g/mol. The van der Waals surface area contributed by atoms with Crippen molar-refractivity contribution in [2.75, 3.05) is 11.4 Å². The number of hydrogen-bond acceptors (Lipinski definition) is 8. The predicted octanol–water partition coefficient (Wildman–Crippen LogP) is 1.08. The Hall–Kier alpha value is -3.73. The minimum absolute atomic E-state index is 0.0695. The van der Waals surface area contributed by atoms with Crippen molar-refractivity contribution in [3.05, 3.63) is 39.9 Å². The number of rotatable bonds is 2. The van der Waals surface area contributed by atoms with Crippen LogP contribution in [0.25, 0.3) is 5.76 Å². The molecule has 4 aliphatic rings. The number of piperidine rings is 1. The number of aliphatic hydroxyl groups excluding tert-OH is 2. The number of amides is 2. The highest BCUT2D eigenvalue weighted by Crippen LogP contribution is 2.53. The number of nitrogens with two attached hydrogens (primary N) is 1. The minimum atomic E-state index is -2.69. The average molecular weight is 486 g/mol. The van der Waals surface area contributed by atoms with Gasteiger partial charge in [0.2, 0.25) is 11.7 Å². The number of anilines is 1. The molecule has 2 fully saturated rings. The van der Waals surface area contributed by atoms with E-state index in [2.05, 4.69) is 0 Å². The van der Waals surface area contributed by atoms with E-state index in [-0.39, 0.29) is 54.1 Å². The van der Waals surface area contributed by atoms with Gasteiger partial charge in [-0.25, -0.2) is 4.39 Å². The summed E-state index contributed by atoms with van der Waals surface area (Å²) < 4.78 is 15.2. The summed E-state index contributed by atoms with van der Waals surface area (Å²) in [6.07, 6.45) is 0.829. The summed E-state index contributed by atoms with van der Waals surface area (Å²) in [4.78, 5) is 51.1. The minimum Gasteiger partial charge on any atom is -0.508 e. The lowest BCUT2D eigenvalue weighted by molar-refractivity contribution is -0.147. The third-order valence-electron chi connectivity index (χ3n) is 7.60. The van der Waals surface area contributed by atoms with E-state index in [4.69, 9.17) is 5.73 Å². The van der Waals surface area contributed by atoms with Crippen LogP contribution in [0.3, 0.4) is 0 Å². The fourth-order valence-electron chi connectivity index (χ4n) is 5.90. The molecule has 184 valence electrons. The molecule has 1 saturated heterocycles. The van der Waals surface area contributed by atoms with Gasteiger partial charge in [0.05, 0.1) is 11.3 Å². The highest BCUT2D eigenvalue weighted by atomic mass is 19.1. The molecule has 0 aromatic heterocycles. The van der Waals surface area contributed by atoms with Crippen LogP contribution in [0.1, 0.15) is 43.2 Å². The molecule has 1 aromatic carbocycles. The lowest BCUT2D eigenvalue weighted by atomic mass is 9.59. The molecule has 0 radical (unpaired) electrons. The summed E-state index contributed by atoms with van der Waals surface area (Å²) in [6, 6.07) is 1.02. The summed E-state index contributed by atoms with van der Waals surface area (Å²) in [5, 5.41) is 43.9. The number of hydrogen-bond donors (Lipinski definition) is 5. The number of Topliss-reactive ketones (excluding diaryl/α,β-unsaturated/α-hetero) is 2. The Morgan fingerprint density at radius 1 is 1.14 bits per heavy atom. The lowest BCUT2D eigenvalue weighted by Crippen LogP contribution is -2.58. The fraction of sp³-hybridized carbons (Fsp3) is 0.417. The molecule has 3 aliphatic carbocycles. The van der Waals surface area contributed by atoms with E-state index in [0.717, 1.165) is 6.07 Å². The summed E-state index contributed by atoms with van der Waals surface area (Å²) in [5.41, 5.74) is 0.647. The first-order chi connectivity index (χ1) is 16.5. The molecule has 0 spiro atoms. The second kappa shape index (κ2) is 7.64. The number of fused-ring (bicyclic) bond motifs is 3. The molecule has 6 N–H and O–H groups in total. The maximum Gasteiger partial charge on any atom is 0.255 e. The molecule has 3 atom stereocenters. The second-order valence-electron chi connectivity index (χ2n) is 9.49. The number of ketones is 2. The van der Waals surface area contributed by atoms with Gasteiger partial charge in [-0.2, -0.15) is 0 Å². The molecule has 1 unspecified atom stereocenters. The standard InChI is InChI=1S/C24H23FN2O8/c25-12-8-13(27-4-2-1-3-15(27)29)19(30)17-11(12)6-9-5-10-7-14(28)18(23(26)34)22(33)24(10,35)21(32)16(9)20(17)31/h8-10,30-31,33,35H,1-7H2,(H2,26,34)/t9?,10-,24-/m0/s1. The number of halogens is 1. The zero-order valence-corrected chi connectivity index (χ0v) is 18.5. The molecule has 1 saturated carbocycles. The third kappa shape index (κ3) is 3.04. The van der Waals surface area contributed by atoms with Crippen molar-refractivity contribution in [2.45, 2.75) is 44.1 Å². The van der Waals surface area contributed by atoms with Crippen LogP contribution in [-0.4, -0.2) is 56.0 Å². The number of aromatic hydroxyl groups is 1. The average Bonchev–Trinajstić information content (AvgIpc) is 2.79. The first-order valence-corrected chi connectivity index (χ1v) is 11.3. The van der Waals surface area contributed by atoms with Crippen molar-refractivity contribution in [3.63, 3.8) is 0 Å². The maximum atomic E-state index is 15.2. The molecule has 5 rings (SSSR count). The quantitative estimate of drug-likeness (QED) is 0.385.